The molecule has 1 amide bonds. The molecule has 29 heavy (non-hydrogen) atoms. The van der Waals surface area contributed by atoms with Gasteiger partial charge < -0.3 is 19.9 Å². The van der Waals surface area contributed by atoms with Crippen molar-refractivity contribution < 1.29 is 23.8 Å². The number of rotatable bonds is 8. The third-order valence-electron chi connectivity index (χ3n) is 5.12. The highest BCUT2D eigenvalue weighted by Crippen LogP contribution is 2.24. The van der Waals surface area contributed by atoms with E-state index in [0.29, 0.717) is 44.8 Å². The zero-order chi connectivity index (χ0) is 20.7. The molecule has 0 aromatic heterocycles. The summed E-state index contributed by atoms with van der Waals surface area (Å²) in [6, 6.07) is 13.3. The molecule has 0 saturated carbocycles. The number of likely N-dealkylation sites (tertiary alicyclic amines) is 1. The van der Waals surface area contributed by atoms with Crippen LogP contribution in [0.15, 0.2) is 48.5 Å². The van der Waals surface area contributed by atoms with Gasteiger partial charge in [-0.15, -0.1) is 0 Å². The van der Waals surface area contributed by atoms with Crippen LogP contribution < -0.4 is 14.8 Å². The highest BCUT2D eigenvalue weighted by atomic mass is 19.1. The predicted octanol–water partition coefficient (Wildman–Crippen LogP) is 2.36. The smallest absolute Gasteiger partial charge is 0.234 e. The Kier molecular flexibility index (Phi) is 7.06. The lowest BCUT2D eigenvalue weighted by molar-refractivity contribution is -0.124. The fourth-order valence-electron chi connectivity index (χ4n) is 3.22. The van der Waals surface area contributed by atoms with Gasteiger partial charge in [0, 0.05) is 19.6 Å². The molecule has 1 aliphatic heterocycles. The first kappa shape index (κ1) is 21.1. The Balaban J connectivity index is 1.37. The molecule has 0 aliphatic carbocycles. The molecular weight excluding hydrogens is 375 g/mol. The van der Waals surface area contributed by atoms with Gasteiger partial charge >= 0.3 is 0 Å². The van der Waals surface area contributed by atoms with E-state index in [1.165, 1.54) is 12.1 Å². The van der Waals surface area contributed by atoms with E-state index in [4.69, 9.17) is 9.47 Å². The van der Waals surface area contributed by atoms with E-state index < -0.39 is 5.60 Å². The molecule has 0 unspecified atom stereocenters. The number of piperidine rings is 1. The summed E-state index contributed by atoms with van der Waals surface area (Å²) >= 11 is 0. The lowest BCUT2D eigenvalue weighted by atomic mass is 9.92. The number of nitrogens with zero attached hydrogens (tertiary/aromatic N) is 1. The summed E-state index contributed by atoms with van der Waals surface area (Å²) < 4.78 is 23.7. The van der Waals surface area contributed by atoms with Crippen LogP contribution in [0, 0.1) is 5.82 Å². The number of methoxy groups -OCH3 is 1. The first-order chi connectivity index (χ1) is 14.0. The van der Waals surface area contributed by atoms with E-state index >= 15 is 0 Å². The minimum absolute atomic E-state index is 0.0474. The summed E-state index contributed by atoms with van der Waals surface area (Å²) in [6.07, 6.45) is 1.03. The SMILES string of the molecule is COc1ccc(CNC(=O)CN2CCC(O)(COc3ccc(F)cc3)CC2)cc1. The van der Waals surface area contributed by atoms with E-state index in [-0.39, 0.29) is 18.3 Å². The Morgan fingerprint density at radius 3 is 2.34 bits per heavy atom. The van der Waals surface area contributed by atoms with E-state index in [0.717, 1.165) is 11.3 Å². The van der Waals surface area contributed by atoms with Gasteiger partial charge in [-0.05, 0) is 54.8 Å². The summed E-state index contributed by atoms with van der Waals surface area (Å²) in [4.78, 5) is 14.2. The number of nitrogens with one attached hydrogen (secondary N) is 1. The Labute approximate surface area is 170 Å². The normalized spacial score (nSPS) is 16.2. The Morgan fingerprint density at radius 1 is 1.10 bits per heavy atom. The maximum absolute atomic E-state index is 12.9. The number of amides is 1. The van der Waals surface area contributed by atoms with E-state index in [1.54, 1.807) is 19.2 Å². The summed E-state index contributed by atoms with van der Waals surface area (Å²) in [5.41, 5.74) is 0.0647. The molecule has 0 bridgehead atoms. The molecule has 1 fully saturated rings. The molecule has 7 heteroatoms. The van der Waals surface area contributed by atoms with Gasteiger partial charge in [-0.25, -0.2) is 4.39 Å². The van der Waals surface area contributed by atoms with Crippen LogP contribution >= 0.6 is 0 Å². The van der Waals surface area contributed by atoms with Crippen molar-refractivity contribution in [2.75, 3.05) is 33.4 Å². The fraction of sp³-hybridized carbons (Fsp3) is 0.409. The highest BCUT2D eigenvalue weighted by molar-refractivity contribution is 5.78. The fourth-order valence-corrected chi connectivity index (χ4v) is 3.22. The number of benzene rings is 2. The number of aliphatic hydroxyl groups is 1. The van der Waals surface area contributed by atoms with E-state index in [1.807, 2.05) is 29.2 Å². The summed E-state index contributed by atoms with van der Waals surface area (Å²) in [5.74, 6) is 0.938. The quantitative estimate of drug-likeness (QED) is 0.709. The molecule has 2 N–H and O–H groups in total. The summed E-state index contributed by atoms with van der Waals surface area (Å²) in [7, 11) is 1.62. The molecule has 3 rings (SSSR count). The third-order valence-corrected chi connectivity index (χ3v) is 5.12. The predicted molar refractivity (Wildman–Crippen MR) is 107 cm³/mol. The van der Waals surface area contributed by atoms with Crippen LogP contribution in [0.4, 0.5) is 4.39 Å². The molecule has 1 aliphatic rings. The molecule has 0 atom stereocenters. The molecule has 0 radical (unpaired) electrons. The first-order valence-electron chi connectivity index (χ1n) is 9.68. The average Bonchev–Trinajstić information content (AvgIpc) is 2.74. The third kappa shape index (κ3) is 6.44. The van der Waals surface area contributed by atoms with Gasteiger partial charge in [0.05, 0.1) is 13.7 Å². The van der Waals surface area contributed by atoms with E-state index in [2.05, 4.69) is 5.32 Å². The Hall–Kier alpha value is -2.64. The molecule has 6 nitrogen and oxygen atoms in total. The average molecular weight is 402 g/mol. The van der Waals surface area contributed by atoms with Crippen LogP contribution in [-0.4, -0.2) is 54.9 Å². The maximum Gasteiger partial charge on any atom is 0.234 e. The zero-order valence-electron chi connectivity index (χ0n) is 16.6. The highest BCUT2D eigenvalue weighted by Gasteiger charge is 2.33. The second-order valence-electron chi connectivity index (χ2n) is 7.37. The number of hydrogen-bond donors (Lipinski definition) is 2. The standard InChI is InChI=1S/C22H27FN2O4/c1-28-19-6-2-17(3-7-19)14-24-21(26)15-25-12-10-22(27,11-13-25)16-29-20-8-4-18(23)5-9-20/h2-9,27H,10-16H2,1H3,(H,24,26). The van der Waals surface area contributed by atoms with Crippen molar-refractivity contribution in [1.82, 2.24) is 10.2 Å². The van der Waals surface area contributed by atoms with E-state index in [9.17, 15) is 14.3 Å². The van der Waals surface area contributed by atoms with Crippen LogP contribution in [-0.2, 0) is 11.3 Å². The number of carbonyl (C=O) groups is 1. The van der Waals surface area contributed by atoms with Crippen LogP contribution in [0.25, 0.3) is 0 Å². The van der Waals surface area contributed by atoms with Crippen molar-refractivity contribution in [2.45, 2.75) is 25.0 Å². The molecule has 156 valence electrons. The number of carbonyl (C=O) groups excluding carboxylic acids is 1. The molecule has 0 spiro atoms. The van der Waals surface area contributed by atoms with Crippen molar-refractivity contribution in [1.29, 1.82) is 0 Å². The summed E-state index contributed by atoms with van der Waals surface area (Å²) in [5, 5.41) is 13.6. The van der Waals surface area contributed by atoms with Crippen molar-refractivity contribution >= 4 is 5.91 Å². The van der Waals surface area contributed by atoms with Gasteiger partial charge in [-0.3, -0.25) is 9.69 Å². The van der Waals surface area contributed by atoms with Crippen molar-refractivity contribution in [3.63, 3.8) is 0 Å². The van der Waals surface area contributed by atoms with Crippen LogP contribution in [0.2, 0.25) is 0 Å². The molecule has 1 saturated heterocycles. The van der Waals surface area contributed by atoms with Crippen molar-refractivity contribution in [2.24, 2.45) is 0 Å². The van der Waals surface area contributed by atoms with Gasteiger partial charge in [0.25, 0.3) is 0 Å². The van der Waals surface area contributed by atoms with Gasteiger partial charge in [-0.2, -0.15) is 0 Å². The second kappa shape index (κ2) is 9.71. The Morgan fingerprint density at radius 2 is 1.72 bits per heavy atom. The van der Waals surface area contributed by atoms with Crippen LogP contribution in [0.1, 0.15) is 18.4 Å². The largest absolute Gasteiger partial charge is 0.497 e. The topological polar surface area (TPSA) is 71.0 Å². The maximum atomic E-state index is 12.9. The molecule has 1 heterocycles. The number of halogens is 1. The Bertz CT molecular complexity index is 787. The van der Waals surface area contributed by atoms with Crippen LogP contribution in [0.3, 0.4) is 0 Å². The van der Waals surface area contributed by atoms with Gasteiger partial charge in [0.15, 0.2) is 0 Å². The second-order valence-corrected chi connectivity index (χ2v) is 7.37. The molecule has 2 aromatic carbocycles. The van der Waals surface area contributed by atoms with Gasteiger partial charge in [0.1, 0.15) is 29.5 Å². The van der Waals surface area contributed by atoms with Gasteiger partial charge in [0.2, 0.25) is 5.91 Å². The lowest BCUT2D eigenvalue weighted by Crippen LogP contribution is -2.50. The minimum Gasteiger partial charge on any atom is -0.497 e. The minimum atomic E-state index is -0.940. The molecular formula is C22H27FN2O4. The molecule has 2 aromatic rings. The van der Waals surface area contributed by atoms with Crippen LogP contribution in [0.5, 0.6) is 11.5 Å². The lowest BCUT2D eigenvalue weighted by Gasteiger charge is -2.37. The zero-order valence-corrected chi connectivity index (χ0v) is 16.6. The summed E-state index contributed by atoms with van der Waals surface area (Å²) in [6.45, 7) is 2.13. The van der Waals surface area contributed by atoms with Gasteiger partial charge in [-0.1, -0.05) is 12.1 Å². The number of hydrogen-bond acceptors (Lipinski definition) is 5. The van der Waals surface area contributed by atoms with Crippen molar-refractivity contribution in [3.8, 4) is 11.5 Å². The number of ether oxygens (including phenoxy) is 2. The monoisotopic (exact) mass is 402 g/mol. The van der Waals surface area contributed by atoms with Crippen molar-refractivity contribution in [3.05, 3.63) is 59.9 Å². The first-order valence-corrected chi connectivity index (χ1v) is 9.68.